The molecule has 0 aliphatic carbocycles. The van der Waals surface area contributed by atoms with Gasteiger partial charge in [0, 0.05) is 24.7 Å². The number of rotatable bonds is 5. The molecule has 0 unspecified atom stereocenters. The molecular formula is C18H18F3NO5S. The van der Waals surface area contributed by atoms with Gasteiger partial charge < -0.3 is 14.2 Å². The van der Waals surface area contributed by atoms with Gasteiger partial charge in [-0.15, -0.1) is 13.2 Å². The predicted molar refractivity (Wildman–Crippen MR) is 94.0 cm³/mol. The van der Waals surface area contributed by atoms with E-state index in [-0.39, 0.29) is 18.0 Å². The lowest BCUT2D eigenvalue weighted by Gasteiger charge is -2.29. The van der Waals surface area contributed by atoms with Gasteiger partial charge in [-0.05, 0) is 42.3 Å². The van der Waals surface area contributed by atoms with Gasteiger partial charge in [0.1, 0.15) is 17.2 Å². The number of ether oxygens (including phenoxy) is 3. The lowest BCUT2D eigenvalue weighted by Crippen LogP contribution is -2.36. The Morgan fingerprint density at radius 2 is 1.68 bits per heavy atom. The lowest BCUT2D eigenvalue weighted by atomic mass is 9.99. The Morgan fingerprint density at radius 3 is 2.25 bits per heavy atom. The van der Waals surface area contributed by atoms with E-state index in [1.807, 2.05) is 6.07 Å². The maximum atomic E-state index is 12.9. The summed E-state index contributed by atoms with van der Waals surface area (Å²) in [6, 6.07) is 7.66. The number of benzene rings is 2. The van der Waals surface area contributed by atoms with E-state index in [1.165, 1.54) is 18.5 Å². The zero-order valence-corrected chi connectivity index (χ0v) is 15.9. The summed E-state index contributed by atoms with van der Waals surface area (Å²) in [7, 11) is -0.874. The molecule has 28 heavy (non-hydrogen) atoms. The number of hydrogen-bond donors (Lipinski definition) is 0. The first-order chi connectivity index (χ1) is 13.1. The van der Waals surface area contributed by atoms with Crippen LogP contribution in [0.3, 0.4) is 0 Å². The van der Waals surface area contributed by atoms with Crippen LogP contribution in [0.2, 0.25) is 0 Å². The average molecular weight is 417 g/mol. The van der Waals surface area contributed by atoms with Gasteiger partial charge in [0.25, 0.3) is 0 Å². The number of fused-ring (bicyclic) bond motifs is 1. The third-order valence-electron chi connectivity index (χ3n) is 4.39. The summed E-state index contributed by atoms with van der Waals surface area (Å²) in [4.78, 5) is -0.113. The molecule has 6 nitrogen and oxygen atoms in total. The summed E-state index contributed by atoms with van der Waals surface area (Å²) in [5.74, 6) is 0.652. The molecule has 0 radical (unpaired) electrons. The molecule has 1 aliphatic rings. The van der Waals surface area contributed by atoms with Crippen LogP contribution in [0.15, 0.2) is 41.3 Å². The highest BCUT2D eigenvalue weighted by atomic mass is 32.2. The first kappa shape index (κ1) is 20.3. The second-order valence-corrected chi connectivity index (χ2v) is 8.01. The van der Waals surface area contributed by atoms with Crippen molar-refractivity contribution in [1.29, 1.82) is 0 Å². The monoisotopic (exact) mass is 417 g/mol. The third-order valence-corrected chi connectivity index (χ3v) is 6.25. The summed E-state index contributed by atoms with van der Waals surface area (Å²) >= 11 is 0. The van der Waals surface area contributed by atoms with E-state index in [9.17, 15) is 21.6 Å². The van der Waals surface area contributed by atoms with Crippen LogP contribution in [0.1, 0.15) is 11.1 Å². The summed E-state index contributed by atoms with van der Waals surface area (Å²) in [5, 5.41) is 0. The van der Waals surface area contributed by atoms with E-state index in [0.717, 1.165) is 35.4 Å². The van der Waals surface area contributed by atoms with Crippen LogP contribution in [0, 0.1) is 0 Å². The number of halogens is 3. The summed E-state index contributed by atoms with van der Waals surface area (Å²) in [6.07, 6.45) is -4.38. The van der Waals surface area contributed by atoms with Gasteiger partial charge in [-0.1, -0.05) is 0 Å². The highest BCUT2D eigenvalue weighted by molar-refractivity contribution is 7.89. The van der Waals surface area contributed by atoms with Crippen molar-refractivity contribution in [2.75, 3.05) is 20.8 Å². The third kappa shape index (κ3) is 4.17. The molecule has 10 heteroatoms. The molecule has 152 valence electrons. The molecule has 0 aromatic heterocycles. The maximum absolute atomic E-state index is 12.9. The second kappa shape index (κ2) is 7.51. The largest absolute Gasteiger partial charge is 0.573 e. The first-order valence-corrected chi connectivity index (χ1v) is 9.68. The van der Waals surface area contributed by atoms with Crippen LogP contribution in [0.4, 0.5) is 13.2 Å². The molecule has 3 rings (SSSR count). The number of sulfonamides is 1. The van der Waals surface area contributed by atoms with Crippen LogP contribution in [-0.2, 0) is 23.0 Å². The van der Waals surface area contributed by atoms with E-state index in [4.69, 9.17) is 9.47 Å². The van der Waals surface area contributed by atoms with Crippen molar-refractivity contribution in [3.05, 3.63) is 47.5 Å². The molecule has 2 aromatic rings. The van der Waals surface area contributed by atoms with E-state index < -0.39 is 22.1 Å². The molecule has 0 amide bonds. The van der Waals surface area contributed by atoms with Gasteiger partial charge in [-0.2, -0.15) is 4.31 Å². The van der Waals surface area contributed by atoms with Crippen LogP contribution in [0.5, 0.6) is 17.2 Å². The van der Waals surface area contributed by atoms with Gasteiger partial charge in [0.05, 0.1) is 19.1 Å². The zero-order valence-electron chi connectivity index (χ0n) is 15.1. The Labute approximate surface area is 160 Å². The molecular weight excluding hydrogens is 399 g/mol. The first-order valence-electron chi connectivity index (χ1n) is 8.24. The van der Waals surface area contributed by atoms with Crippen molar-refractivity contribution in [3.63, 3.8) is 0 Å². The average Bonchev–Trinajstić information content (AvgIpc) is 2.65. The normalized spacial score (nSPS) is 15.0. The number of alkyl halides is 3. The van der Waals surface area contributed by atoms with Crippen molar-refractivity contribution < 1.29 is 35.8 Å². The van der Waals surface area contributed by atoms with Crippen LogP contribution < -0.4 is 14.2 Å². The summed E-state index contributed by atoms with van der Waals surface area (Å²) in [6.45, 7) is 0.318. The molecule has 1 aliphatic heterocycles. The fourth-order valence-electron chi connectivity index (χ4n) is 3.05. The molecule has 0 fully saturated rings. The maximum Gasteiger partial charge on any atom is 0.573 e. The molecule has 0 spiro atoms. The number of hydrogen-bond acceptors (Lipinski definition) is 5. The standard InChI is InChI=1S/C18H18F3NO5S/c1-25-14-9-12-7-8-22(11-16(12)17(10-14)26-2)28(23,24)15-5-3-13(4-6-15)27-18(19,20)21/h3-6,9-10H,7-8,11H2,1-2H3. The summed E-state index contributed by atoms with van der Waals surface area (Å²) in [5.41, 5.74) is 1.66. The number of nitrogens with zero attached hydrogens (tertiary/aromatic N) is 1. The van der Waals surface area contributed by atoms with Crippen molar-refractivity contribution in [2.45, 2.75) is 24.2 Å². The molecule has 0 atom stereocenters. The summed E-state index contributed by atoms with van der Waals surface area (Å²) < 4.78 is 78.2. The van der Waals surface area contributed by atoms with E-state index in [2.05, 4.69) is 4.74 Å². The fourth-order valence-corrected chi connectivity index (χ4v) is 4.45. The number of methoxy groups -OCH3 is 2. The smallest absolute Gasteiger partial charge is 0.497 e. The highest BCUT2D eigenvalue weighted by Gasteiger charge is 2.32. The topological polar surface area (TPSA) is 65.1 Å². The Morgan fingerprint density at radius 1 is 1.00 bits per heavy atom. The molecule has 0 bridgehead atoms. The highest BCUT2D eigenvalue weighted by Crippen LogP contribution is 2.35. The van der Waals surface area contributed by atoms with E-state index >= 15 is 0 Å². The molecule has 0 N–H and O–H groups in total. The minimum Gasteiger partial charge on any atom is -0.497 e. The Balaban J connectivity index is 1.86. The zero-order chi connectivity index (χ0) is 20.5. The van der Waals surface area contributed by atoms with Crippen molar-refractivity contribution in [3.8, 4) is 17.2 Å². The Hall–Kier alpha value is -2.46. The lowest BCUT2D eigenvalue weighted by molar-refractivity contribution is -0.274. The minimum atomic E-state index is -4.84. The minimum absolute atomic E-state index is 0.0889. The van der Waals surface area contributed by atoms with Gasteiger partial charge in [0.15, 0.2) is 0 Å². The van der Waals surface area contributed by atoms with Crippen LogP contribution >= 0.6 is 0 Å². The Bertz CT molecular complexity index is 941. The van der Waals surface area contributed by atoms with Gasteiger partial charge in [-0.25, -0.2) is 8.42 Å². The SMILES string of the molecule is COc1cc2c(c(OC)c1)CN(S(=O)(=O)c1ccc(OC(F)(F)F)cc1)CC2. The predicted octanol–water partition coefficient (Wildman–Crippen LogP) is 3.35. The van der Waals surface area contributed by atoms with Gasteiger partial charge >= 0.3 is 6.36 Å². The van der Waals surface area contributed by atoms with Crippen LogP contribution in [-0.4, -0.2) is 39.8 Å². The van der Waals surface area contributed by atoms with Crippen molar-refractivity contribution >= 4 is 10.0 Å². The fraction of sp³-hybridized carbons (Fsp3) is 0.333. The molecule has 2 aromatic carbocycles. The quantitative estimate of drug-likeness (QED) is 0.747. The van der Waals surface area contributed by atoms with E-state index in [1.54, 1.807) is 6.07 Å². The Kier molecular flexibility index (Phi) is 5.44. The van der Waals surface area contributed by atoms with E-state index in [0.29, 0.717) is 17.9 Å². The molecule has 0 saturated heterocycles. The van der Waals surface area contributed by atoms with Gasteiger partial charge in [0.2, 0.25) is 10.0 Å². The second-order valence-electron chi connectivity index (χ2n) is 6.08. The molecule has 1 heterocycles. The van der Waals surface area contributed by atoms with Crippen molar-refractivity contribution in [2.24, 2.45) is 0 Å². The van der Waals surface area contributed by atoms with Crippen LogP contribution in [0.25, 0.3) is 0 Å². The molecule has 0 saturated carbocycles. The van der Waals surface area contributed by atoms with Crippen molar-refractivity contribution in [1.82, 2.24) is 4.31 Å². The van der Waals surface area contributed by atoms with Gasteiger partial charge in [-0.3, -0.25) is 0 Å².